The average Bonchev–Trinajstić information content (AvgIpc) is 2.71. The lowest BCUT2D eigenvalue weighted by molar-refractivity contribution is 0.514. The van der Waals surface area contributed by atoms with Crippen molar-refractivity contribution in [2.45, 2.75) is 38.3 Å². The van der Waals surface area contributed by atoms with E-state index in [1.807, 2.05) is 18.3 Å². The number of aromatic nitrogens is 1. The Labute approximate surface area is 126 Å². The molecule has 3 nitrogen and oxygen atoms in total. The van der Waals surface area contributed by atoms with Crippen molar-refractivity contribution in [3.05, 3.63) is 59.9 Å². The molecule has 0 aliphatic carbocycles. The molecule has 1 aliphatic heterocycles. The quantitative estimate of drug-likeness (QED) is 0.938. The minimum absolute atomic E-state index is 0.0334. The van der Waals surface area contributed by atoms with Crippen LogP contribution in [0.5, 0.6) is 0 Å². The summed E-state index contributed by atoms with van der Waals surface area (Å²) in [5.74, 6) is 0. The fourth-order valence-corrected chi connectivity index (χ4v) is 3.27. The van der Waals surface area contributed by atoms with E-state index in [1.54, 1.807) is 0 Å². The van der Waals surface area contributed by atoms with Crippen molar-refractivity contribution in [1.82, 2.24) is 4.98 Å². The van der Waals surface area contributed by atoms with Gasteiger partial charge < -0.3 is 10.6 Å². The fraction of sp³-hybridized carbons (Fsp3) is 0.389. The Balaban J connectivity index is 2.03. The van der Waals surface area contributed by atoms with Crippen LogP contribution < -0.4 is 10.6 Å². The number of pyridine rings is 1. The van der Waals surface area contributed by atoms with Crippen LogP contribution in [0.1, 0.15) is 37.1 Å². The minimum Gasteiger partial charge on any atom is -0.361 e. The van der Waals surface area contributed by atoms with Crippen molar-refractivity contribution in [2.75, 3.05) is 11.4 Å². The van der Waals surface area contributed by atoms with Crippen LogP contribution in [-0.2, 0) is 6.42 Å². The van der Waals surface area contributed by atoms with E-state index in [2.05, 4.69) is 47.1 Å². The van der Waals surface area contributed by atoms with E-state index in [1.165, 1.54) is 24.1 Å². The first kappa shape index (κ1) is 14.1. The maximum absolute atomic E-state index is 6.33. The molecule has 0 saturated carbocycles. The molecule has 2 atom stereocenters. The summed E-state index contributed by atoms with van der Waals surface area (Å²) in [7, 11) is 0. The lowest BCUT2D eigenvalue weighted by Crippen LogP contribution is -2.40. The highest BCUT2D eigenvalue weighted by Gasteiger charge is 2.27. The average molecular weight is 281 g/mol. The van der Waals surface area contributed by atoms with E-state index in [9.17, 15) is 0 Å². The molecule has 2 heterocycles. The lowest BCUT2D eigenvalue weighted by Gasteiger charge is -2.36. The van der Waals surface area contributed by atoms with Crippen LogP contribution in [0.4, 0.5) is 5.69 Å². The van der Waals surface area contributed by atoms with Crippen molar-refractivity contribution in [3.63, 3.8) is 0 Å². The van der Waals surface area contributed by atoms with Crippen molar-refractivity contribution >= 4 is 5.69 Å². The normalized spacial score (nSPS) is 17.7. The highest BCUT2D eigenvalue weighted by Crippen LogP contribution is 2.33. The van der Waals surface area contributed by atoms with Gasteiger partial charge in [0.2, 0.25) is 0 Å². The summed E-state index contributed by atoms with van der Waals surface area (Å²) in [6, 6.07) is 15.0. The van der Waals surface area contributed by atoms with E-state index in [4.69, 9.17) is 5.73 Å². The molecular formula is C18H23N3. The predicted octanol–water partition coefficient (Wildman–Crippen LogP) is 3.31. The van der Waals surface area contributed by atoms with Gasteiger partial charge >= 0.3 is 0 Å². The van der Waals surface area contributed by atoms with E-state index in [-0.39, 0.29) is 12.1 Å². The van der Waals surface area contributed by atoms with Crippen molar-refractivity contribution in [3.8, 4) is 0 Å². The fourth-order valence-electron chi connectivity index (χ4n) is 3.27. The Morgan fingerprint density at radius 1 is 1.10 bits per heavy atom. The number of benzene rings is 1. The van der Waals surface area contributed by atoms with Crippen LogP contribution in [0.15, 0.2) is 48.7 Å². The van der Waals surface area contributed by atoms with Gasteiger partial charge in [0.1, 0.15) is 0 Å². The summed E-state index contributed by atoms with van der Waals surface area (Å²) in [6.45, 7) is 3.12. The Bertz CT molecular complexity index is 580. The van der Waals surface area contributed by atoms with Crippen LogP contribution in [0.3, 0.4) is 0 Å². The van der Waals surface area contributed by atoms with Crippen LogP contribution in [0.25, 0.3) is 0 Å². The molecule has 1 aromatic heterocycles. The molecule has 2 N–H and O–H groups in total. The molecular weight excluding hydrogens is 258 g/mol. The summed E-state index contributed by atoms with van der Waals surface area (Å²) in [6.07, 6.45) is 5.45. The number of anilines is 1. The number of hydrogen-bond acceptors (Lipinski definition) is 3. The first-order chi connectivity index (χ1) is 10.3. The van der Waals surface area contributed by atoms with Crippen LogP contribution in [0, 0.1) is 0 Å². The minimum atomic E-state index is 0.0334. The van der Waals surface area contributed by atoms with Gasteiger partial charge in [0, 0.05) is 24.5 Å². The maximum atomic E-state index is 6.33. The van der Waals surface area contributed by atoms with Gasteiger partial charge in [-0.3, -0.25) is 4.98 Å². The van der Waals surface area contributed by atoms with E-state index < -0.39 is 0 Å². The zero-order valence-electron chi connectivity index (χ0n) is 12.6. The molecule has 1 aliphatic rings. The molecule has 2 aromatic rings. The zero-order valence-corrected chi connectivity index (χ0v) is 12.6. The monoisotopic (exact) mass is 281 g/mol. The third-order valence-corrected chi connectivity index (χ3v) is 4.22. The smallest absolute Gasteiger partial charge is 0.0861 e. The molecule has 3 heteroatoms. The number of nitrogens with zero attached hydrogens (tertiary/aromatic N) is 2. The standard InChI is InChI=1S/C18H23N3/c1-14(19)18(16-10-4-6-12-20-16)21-13-7-5-9-15-8-2-3-11-17(15)21/h2-4,6,8,10-12,14,18H,5,7,9,13,19H2,1H3. The third-order valence-electron chi connectivity index (χ3n) is 4.22. The highest BCUT2D eigenvalue weighted by molar-refractivity contribution is 5.56. The molecule has 21 heavy (non-hydrogen) atoms. The van der Waals surface area contributed by atoms with Gasteiger partial charge in [-0.25, -0.2) is 0 Å². The highest BCUT2D eigenvalue weighted by atomic mass is 15.2. The molecule has 0 bridgehead atoms. The van der Waals surface area contributed by atoms with Crippen molar-refractivity contribution in [2.24, 2.45) is 5.73 Å². The van der Waals surface area contributed by atoms with Crippen molar-refractivity contribution in [1.29, 1.82) is 0 Å². The van der Waals surface area contributed by atoms with Gasteiger partial charge in [-0.2, -0.15) is 0 Å². The summed E-state index contributed by atoms with van der Waals surface area (Å²) in [5, 5.41) is 0. The second-order valence-electron chi connectivity index (χ2n) is 5.84. The zero-order chi connectivity index (χ0) is 14.7. The van der Waals surface area contributed by atoms with Crippen molar-refractivity contribution < 1.29 is 0 Å². The summed E-state index contributed by atoms with van der Waals surface area (Å²) >= 11 is 0. The molecule has 0 radical (unpaired) electrons. The van der Waals surface area contributed by atoms with Gasteiger partial charge in [-0.1, -0.05) is 24.3 Å². The molecule has 1 aromatic carbocycles. The number of nitrogens with two attached hydrogens (primary N) is 1. The van der Waals surface area contributed by atoms with E-state index in [0.29, 0.717) is 0 Å². The SMILES string of the molecule is CC(N)C(c1ccccn1)N1CCCCc2ccccc21. The molecule has 110 valence electrons. The number of aryl methyl sites for hydroxylation is 1. The molecule has 0 spiro atoms. The molecule has 0 saturated heterocycles. The van der Waals surface area contributed by atoms with Crippen LogP contribution >= 0.6 is 0 Å². The predicted molar refractivity (Wildman–Crippen MR) is 87.4 cm³/mol. The number of fused-ring (bicyclic) bond motifs is 1. The van der Waals surface area contributed by atoms with Gasteiger partial charge in [0.15, 0.2) is 0 Å². The summed E-state index contributed by atoms with van der Waals surface area (Å²) in [4.78, 5) is 7.01. The Kier molecular flexibility index (Phi) is 4.20. The second-order valence-corrected chi connectivity index (χ2v) is 5.84. The topological polar surface area (TPSA) is 42.1 Å². The maximum Gasteiger partial charge on any atom is 0.0861 e. The Morgan fingerprint density at radius 2 is 1.90 bits per heavy atom. The first-order valence-electron chi connectivity index (χ1n) is 7.78. The van der Waals surface area contributed by atoms with Gasteiger partial charge in [0.05, 0.1) is 11.7 Å². The second kappa shape index (κ2) is 6.27. The Morgan fingerprint density at radius 3 is 2.67 bits per heavy atom. The molecule has 3 rings (SSSR count). The molecule has 0 fully saturated rings. The molecule has 2 unspecified atom stereocenters. The van der Waals surface area contributed by atoms with E-state index >= 15 is 0 Å². The Hall–Kier alpha value is -1.87. The number of para-hydroxylation sites is 1. The van der Waals surface area contributed by atoms with Crippen LogP contribution in [-0.4, -0.2) is 17.6 Å². The largest absolute Gasteiger partial charge is 0.361 e. The summed E-state index contributed by atoms with van der Waals surface area (Å²) in [5.41, 5.74) is 10.1. The third kappa shape index (κ3) is 2.93. The van der Waals surface area contributed by atoms with Crippen LogP contribution in [0.2, 0.25) is 0 Å². The summed E-state index contributed by atoms with van der Waals surface area (Å²) < 4.78 is 0. The number of rotatable bonds is 3. The van der Waals surface area contributed by atoms with E-state index in [0.717, 1.165) is 18.7 Å². The first-order valence-corrected chi connectivity index (χ1v) is 7.78. The van der Waals surface area contributed by atoms with Gasteiger partial charge in [-0.15, -0.1) is 0 Å². The van der Waals surface area contributed by atoms with Gasteiger partial charge in [0.25, 0.3) is 0 Å². The van der Waals surface area contributed by atoms with Gasteiger partial charge in [-0.05, 0) is 49.9 Å². The molecule has 0 amide bonds. The lowest BCUT2D eigenvalue weighted by atomic mass is 10.0. The number of hydrogen-bond donors (Lipinski definition) is 1.